The summed E-state index contributed by atoms with van der Waals surface area (Å²) in [4.78, 5) is 11.2. The van der Waals surface area contributed by atoms with E-state index < -0.39 is 31.1 Å². The van der Waals surface area contributed by atoms with Gasteiger partial charge in [0.05, 0.1) is 33.8 Å². The number of esters is 1. The van der Waals surface area contributed by atoms with Crippen molar-refractivity contribution >= 4 is 26.0 Å². The lowest BCUT2D eigenvalue weighted by molar-refractivity contribution is -0.890. The quantitative estimate of drug-likeness (QED) is 0.0645. The number of hydrogen-bond donors (Lipinski definition) is 0. The van der Waals surface area contributed by atoms with Gasteiger partial charge in [-0.15, -0.1) is 0 Å². The molecule has 0 N–H and O–H groups in total. The molecule has 8 nitrogen and oxygen atoms in total. The number of unbranched alkanes of at least 4 members (excludes halogenated alkanes) is 8. The van der Waals surface area contributed by atoms with Crippen molar-refractivity contribution in [2.75, 3.05) is 33.8 Å². The van der Waals surface area contributed by atoms with E-state index in [2.05, 4.69) is 27.6 Å². The van der Waals surface area contributed by atoms with Crippen LogP contribution in [0, 0.1) is 0 Å². The van der Waals surface area contributed by atoms with Crippen LogP contribution in [-0.4, -0.2) is 72.1 Å². The number of halogens is 6. The van der Waals surface area contributed by atoms with Crippen LogP contribution >= 0.6 is 0 Å². The second kappa shape index (κ2) is 17.3. The summed E-state index contributed by atoms with van der Waals surface area (Å²) in [6.45, 7) is 10.7. The fourth-order valence-electron chi connectivity index (χ4n) is 2.93. The summed E-state index contributed by atoms with van der Waals surface area (Å²) in [5.74, 6) is -0.260. The number of quaternary nitrogens is 1. The third kappa shape index (κ3) is 18.0. The summed E-state index contributed by atoms with van der Waals surface area (Å²) in [6.07, 6.45) is 12.8. The minimum atomic E-state index is -6.72. The van der Waals surface area contributed by atoms with Crippen LogP contribution in [0.3, 0.4) is 0 Å². The van der Waals surface area contributed by atoms with Crippen LogP contribution in [-0.2, 0) is 29.6 Å². The molecule has 0 saturated carbocycles. The minimum Gasteiger partial charge on any atom is -0.462 e. The van der Waals surface area contributed by atoms with E-state index in [1.807, 2.05) is 0 Å². The van der Waals surface area contributed by atoms with Gasteiger partial charge in [-0.25, -0.2) is 21.6 Å². The molecule has 0 saturated heterocycles. The van der Waals surface area contributed by atoms with Gasteiger partial charge in [0, 0.05) is 5.57 Å². The largest absolute Gasteiger partial charge is 0.480 e. The molecule has 0 aromatic rings. The van der Waals surface area contributed by atoms with Crippen LogP contribution in [0.1, 0.15) is 78.1 Å². The molecule has 0 unspecified atom stereocenters. The molecule has 0 amide bonds. The molecule has 228 valence electrons. The van der Waals surface area contributed by atoms with Crippen molar-refractivity contribution in [2.24, 2.45) is 0 Å². The fourth-order valence-corrected chi connectivity index (χ4v) is 4.64. The first-order chi connectivity index (χ1) is 17.1. The Morgan fingerprint density at radius 3 is 1.50 bits per heavy atom. The SMILES string of the molecule is C=C(C)C(=O)OCCCCCCCC[N+](C)(C)CCCCCC.O=S(=O)([N-]S(=O)(=O)C(F)(F)F)C(F)(F)F. The van der Waals surface area contributed by atoms with E-state index in [9.17, 15) is 48.0 Å². The van der Waals surface area contributed by atoms with Gasteiger partial charge in [-0.2, -0.15) is 26.3 Å². The maximum absolute atomic E-state index is 11.4. The van der Waals surface area contributed by atoms with Crippen molar-refractivity contribution in [3.8, 4) is 0 Å². The summed E-state index contributed by atoms with van der Waals surface area (Å²) in [7, 11) is -8.72. The molecule has 0 fully saturated rings. The van der Waals surface area contributed by atoms with Crippen molar-refractivity contribution in [3.05, 3.63) is 16.3 Å². The Balaban J connectivity index is 0. The molecule has 0 aliphatic heterocycles. The van der Waals surface area contributed by atoms with Crippen LogP contribution in [0.4, 0.5) is 26.3 Å². The summed E-state index contributed by atoms with van der Waals surface area (Å²) < 4.78 is 115. The van der Waals surface area contributed by atoms with Gasteiger partial charge in [0.25, 0.3) is 0 Å². The fraction of sp³-hybridized carbons (Fsp3) is 0.864. The first-order valence-corrected chi connectivity index (χ1v) is 15.0. The summed E-state index contributed by atoms with van der Waals surface area (Å²) >= 11 is 0. The lowest BCUT2D eigenvalue weighted by Crippen LogP contribution is -2.41. The highest BCUT2D eigenvalue weighted by Crippen LogP contribution is 2.36. The number of sulfonamides is 2. The zero-order valence-corrected chi connectivity index (χ0v) is 24.0. The number of carbonyl (C=O) groups is 1. The third-order valence-corrected chi connectivity index (χ3v) is 7.88. The molecule has 0 aromatic heterocycles. The molecule has 0 bridgehead atoms. The van der Waals surface area contributed by atoms with Crippen LogP contribution in [0.2, 0.25) is 0 Å². The molecule has 0 aromatic carbocycles. The Labute approximate surface area is 222 Å². The molecule has 0 heterocycles. The van der Waals surface area contributed by atoms with Gasteiger partial charge in [0.2, 0.25) is 0 Å². The van der Waals surface area contributed by atoms with Crippen molar-refractivity contribution in [1.29, 1.82) is 0 Å². The Bertz CT molecular complexity index is 876. The van der Waals surface area contributed by atoms with Gasteiger partial charge >= 0.3 is 17.0 Å². The van der Waals surface area contributed by atoms with E-state index in [0.717, 1.165) is 17.0 Å². The monoisotopic (exact) mass is 606 g/mol. The smallest absolute Gasteiger partial charge is 0.462 e. The van der Waals surface area contributed by atoms with Crippen LogP contribution < -0.4 is 0 Å². The molecule has 0 spiro atoms. The molecule has 0 aliphatic rings. The maximum atomic E-state index is 11.4. The van der Waals surface area contributed by atoms with Crippen molar-refractivity contribution in [1.82, 2.24) is 0 Å². The van der Waals surface area contributed by atoms with Crippen LogP contribution in [0.5, 0.6) is 0 Å². The van der Waals surface area contributed by atoms with Gasteiger partial charge in [-0.3, -0.25) is 0 Å². The highest BCUT2D eigenvalue weighted by Gasteiger charge is 2.46. The van der Waals surface area contributed by atoms with Crippen molar-refractivity contribution in [3.63, 3.8) is 0 Å². The van der Waals surface area contributed by atoms with E-state index in [1.165, 1.54) is 68.9 Å². The first-order valence-electron chi connectivity index (χ1n) is 12.1. The highest BCUT2D eigenvalue weighted by molar-refractivity contribution is 8.13. The number of ether oxygens (including phenoxy) is 1. The van der Waals surface area contributed by atoms with Crippen LogP contribution in [0.15, 0.2) is 12.2 Å². The van der Waals surface area contributed by atoms with E-state index >= 15 is 0 Å². The molecule has 0 atom stereocenters. The van der Waals surface area contributed by atoms with Gasteiger partial charge in [-0.1, -0.05) is 45.6 Å². The molecule has 38 heavy (non-hydrogen) atoms. The summed E-state index contributed by atoms with van der Waals surface area (Å²) in [6, 6.07) is 0. The standard InChI is InChI=1S/C20H40NO2.C2F6NO4S2/c1-6-7-8-13-16-21(4,5)17-14-11-9-10-12-15-18-23-20(22)19(2)3;3-1(4,5)14(10,11)9-15(12,13)2(6,7)8/h2,6-18H2,1,3-5H3;/q+1;-1. The van der Waals surface area contributed by atoms with Gasteiger partial charge in [0.15, 0.2) is 20.0 Å². The predicted molar refractivity (Wildman–Crippen MR) is 133 cm³/mol. The molecular formula is C22H40F6N2O6S2. The topological polar surface area (TPSA) is 109 Å². The number of hydrogen-bond acceptors (Lipinski definition) is 6. The summed E-state index contributed by atoms with van der Waals surface area (Å²) in [5.41, 5.74) is -11.9. The van der Waals surface area contributed by atoms with Gasteiger partial charge in [0.1, 0.15) is 0 Å². The number of nitrogens with zero attached hydrogens (tertiary/aromatic N) is 2. The first kappa shape index (κ1) is 38.8. The van der Waals surface area contributed by atoms with E-state index in [0.29, 0.717) is 12.2 Å². The molecular weight excluding hydrogens is 566 g/mol. The zero-order chi connectivity index (χ0) is 30.3. The Morgan fingerprint density at radius 2 is 1.13 bits per heavy atom. The molecule has 0 rings (SSSR count). The second-order valence-electron chi connectivity index (χ2n) is 9.40. The molecule has 0 radical (unpaired) electrons. The summed E-state index contributed by atoms with van der Waals surface area (Å²) in [5, 5.41) is 0. The lowest BCUT2D eigenvalue weighted by Gasteiger charge is -2.30. The van der Waals surface area contributed by atoms with Crippen molar-refractivity contribution in [2.45, 2.75) is 89.1 Å². The van der Waals surface area contributed by atoms with E-state index in [-0.39, 0.29) is 5.97 Å². The average Bonchev–Trinajstić information content (AvgIpc) is 2.73. The third-order valence-electron chi connectivity index (χ3n) is 5.14. The number of rotatable bonds is 17. The van der Waals surface area contributed by atoms with Crippen LogP contribution in [0.25, 0.3) is 4.13 Å². The Kier molecular flexibility index (Phi) is 17.7. The number of carbonyl (C=O) groups excluding carboxylic acids is 1. The Morgan fingerprint density at radius 1 is 0.763 bits per heavy atom. The second-order valence-corrected chi connectivity index (χ2v) is 12.8. The predicted octanol–water partition coefficient (Wildman–Crippen LogP) is 6.16. The van der Waals surface area contributed by atoms with Gasteiger partial charge < -0.3 is 13.3 Å². The van der Waals surface area contributed by atoms with E-state index in [1.54, 1.807) is 6.92 Å². The average molecular weight is 607 g/mol. The van der Waals surface area contributed by atoms with Crippen molar-refractivity contribution < 1.29 is 57.2 Å². The van der Waals surface area contributed by atoms with E-state index in [4.69, 9.17) is 4.74 Å². The van der Waals surface area contributed by atoms with Gasteiger partial charge in [-0.05, 0) is 39.0 Å². The highest BCUT2D eigenvalue weighted by atomic mass is 32.3. The maximum Gasteiger partial charge on any atom is 0.480 e. The minimum absolute atomic E-state index is 0.260. The normalized spacial score (nSPS) is 13.0. The zero-order valence-electron chi connectivity index (χ0n) is 22.3. The Hall–Kier alpha value is -1.39. The number of alkyl halides is 6. The molecule has 0 aliphatic carbocycles. The molecule has 16 heteroatoms. The lowest BCUT2D eigenvalue weighted by atomic mass is 10.1.